The number of nitrogens with two attached hydrogens (primary N) is 1. The first kappa shape index (κ1) is 11.0. The molecule has 14 heavy (non-hydrogen) atoms. The van der Waals surface area contributed by atoms with E-state index in [0.29, 0.717) is 4.47 Å². The van der Waals surface area contributed by atoms with Crippen LogP contribution in [-0.4, -0.2) is 17.1 Å². The molecule has 1 atom stereocenters. The standard InChI is InChI=1S/C9H10BrNO3/c1-5(11)9(13)14-8-4-6(12)2-3-7(8)10/h2-5,12H,11H2,1H3. The van der Waals surface area contributed by atoms with Gasteiger partial charge >= 0.3 is 5.97 Å². The Hall–Kier alpha value is -1.07. The van der Waals surface area contributed by atoms with Gasteiger partial charge < -0.3 is 15.6 Å². The number of phenolic OH excluding ortho intramolecular Hbond substituents is 1. The molecule has 0 spiro atoms. The van der Waals surface area contributed by atoms with Gasteiger partial charge in [0.2, 0.25) is 0 Å². The highest BCUT2D eigenvalue weighted by atomic mass is 79.9. The van der Waals surface area contributed by atoms with Gasteiger partial charge in [-0.3, -0.25) is 0 Å². The van der Waals surface area contributed by atoms with Gasteiger partial charge in [0.15, 0.2) is 0 Å². The Kier molecular flexibility index (Phi) is 3.49. The minimum Gasteiger partial charge on any atom is -0.508 e. The number of esters is 1. The highest BCUT2D eigenvalue weighted by Crippen LogP contribution is 2.28. The molecule has 0 amide bonds. The van der Waals surface area contributed by atoms with E-state index >= 15 is 0 Å². The van der Waals surface area contributed by atoms with E-state index < -0.39 is 12.0 Å². The Morgan fingerprint density at radius 2 is 2.29 bits per heavy atom. The van der Waals surface area contributed by atoms with Crippen molar-refractivity contribution in [3.05, 3.63) is 22.7 Å². The average molecular weight is 260 g/mol. The van der Waals surface area contributed by atoms with Gasteiger partial charge in [-0.25, -0.2) is 4.79 Å². The van der Waals surface area contributed by atoms with Crippen LogP contribution in [0.1, 0.15) is 6.92 Å². The van der Waals surface area contributed by atoms with E-state index in [1.165, 1.54) is 19.1 Å². The fraction of sp³-hybridized carbons (Fsp3) is 0.222. The molecule has 1 aromatic carbocycles. The van der Waals surface area contributed by atoms with Crippen LogP contribution in [0.4, 0.5) is 0 Å². The summed E-state index contributed by atoms with van der Waals surface area (Å²) in [5.74, 6) is -0.260. The lowest BCUT2D eigenvalue weighted by Gasteiger charge is -2.08. The zero-order valence-electron chi connectivity index (χ0n) is 7.53. The zero-order chi connectivity index (χ0) is 10.7. The summed E-state index contributed by atoms with van der Waals surface area (Å²) in [6, 6.07) is 3.71. The van der Waals surface area contributed by atoms with Crippen molar-refractivity contribution >= 4 is 21.9 Å². The number of carbonyl (C=O) groups is 1. The van der Waals surface area contributed by atoms with Crippen LogP contribution in [0.2, 0.25) is 0 Å². The molecule has 0 aliphatic heterocycles. The molecule has 0 aliphatic rings. The molecule has 0 saturated carbocycles. The van der Waals surface area contributed by atoms with Crippen molar-refractivity contribution in [3.8, 4) is 11.5 Å². The van der Waals surface area contributed by atoms with Crippen LogP contribution in [0.25, 0.3) is 0 Å². The number of benzene rings is 1. The number of hydrogen-bond acceptors (Lipinski definition) is 4. The molecule has 0 radical (unpaired) electrons. The summed E-state index contributed by atoms with van der Waals surface area (Å²) in [5, 5.41) is 9.15. The molecule has 0 aliphatic carbocycles. The van der Waals surface area contributed by atoms with Crippen molar-refractivity contribution < 1.29 is 14.6 Å². The molecule has 5 heteroatoms. The van der Waals surface area contributed by atoms with E-state index in [1.807, 2.05) is 0 Å². The Balaban J connectivity index is 2.86. The summed E-state index contributed by atoms with van der Waals surface area (Å²) >= 11 is 3.18. The van der Waals surface area contributed by atoms with Crippen molar-refractivity contribution in [1.82, 2.24) is 0 Å². The third-order valence-corrected chi connectivity index (χ3v) is 2.15. The van der Waals surface area contributed by atoms with Crippen LogP contribution in [0.15, 0.2) is 22.7 Å². The van der Waals surface area contributed by atoms with E-state index in [1.54, 1.807) is 6.07 Å². The largest absolute Gasteiger partial charge is 0.508 e. The second kappa shape index (κ2) is 4.43. The fourth-order valence-electron chi connectivity index (χ4n) is 0.772. The fourth-order valence-corrected chi connectivity index (χ4v) is 1.10. The van der Waals surface area contributed by atoms with Gasteiger partial charge in [0, 0.05) is 6.07 Å². The van der Waals surface area contributed by atoms with E-state index in [9.17, 15) is 4.79 Å². The lowest BCUT2D eigenvalue weighted by atomic mass is 10.3. The van der Waals surface area contributed by atoms with Gasteiger partial charge in [0.1, 0.15) is 17.5 Å². The summed E-state index contributed by atoms with van der Waals surface area (Å²) in [6.45, 7) is 1.53. The van der Waals surface area contributed by atoms with Gasteiger partial charge in [-0.05, 0) is 35.0 Å². The molecule has 0 heterocycles. The molecule has 1 aromatic rings. The van der Waals surface area contributed by atoms with Gasteiger partial charge in [0.05, 0.1) is 4.47 Å². The Labute approximate surface area is 89.8 Å². The molecular formula is C9H10BrNO3. The maximum atomic E-state index is 11.1. The first-order valence-electron chi connectivity index (χ1n) is 3.96. The monoisotopic (exact) mass is 259 g/mol. The number of carbonyl (C=O) groups excluding carboxylic acids is 1. The van der Waals surface area contributed by atoms with Crippen molar-refractivity contribution in [2.24, 2.45) is 5.73 Å². The number of ether oxygens (including phenoxy) is 1. The molecule has 0 saturated heterocycles. The number of phenols is 1. The van der Waals surface area contributed by atoms with Gasteiger partial charge in [-0.1, -0.05) is 0 Å². The van der Waals surface area contributed by atoms with Gasteiger partial charge in [-0.15, -0.1) is 0 Å². The molecule has 1 unspecified atom stereocenters. The first-order chi connectivity index (χ1) is 6.50. The average Bonchev–Trinajstić information content (AvgIpc) is 2.11. The predicted octanol–water partition coefficient (Wildman–Crippen LogP) is 1.41. The van der Waals surface area contributed by atoms with Crippen LogP contribution >= 0.6 is 15.9 Å². The topological polar surface area (TPSA) is 72.6 Å². The molecule has 0 fully saturated rings. The van der Waals surface area contributed by atoms with E-state index in [2.05, 4.69) is 15.9 Å². The molecule has 4 nitrogen and oxygen atoms in total. The van der Waals surface area contributed by atoms with Crippen LogP contribution in [0.3, 0.4) is 0 Å². The SMILES string of the molecule is CC(N)C(=O)Oc1cc(O)ccc1Br. The van der Waals surface area contributed by atoms with Crippen LogP contribution in [0, 0.1) is 0 Å². The molecular weight excluding hydrogens is 250 g/mol. The third-order valence-electron chi connectivity index (χ3n) is 1.50. The molecule has 0 bridgehead atoms. The van der Waals surface area contributed by atoms with E-state index in [0.717, 1.165) is 0 Å². The minimum atomic E-state index is -0.691. The molecule has 76 valence electrons. The summed E-state index contributed by atoms with van der Waals surface area (Å²) in [6.07, 6.45) is 0. The minimum absolute atomic E-state index is 0.0284. The second-order valence-electron chi connectivity index (χ2n) is 2.82. The normalized spacial score (nSPS) is 12.2. The Morgan fingerprint density at radius 3 is 2.86 bits per heavy atom. The third kappa shape index (κ3) is 2.71. The van der Waals surface area contributed by atoms with Crippen molar-refractivity contribution in [2.45, 2.75) is 13.0 Å². The summed E-state index contributed by atoms with van der Waals surface area (Å²) in [5.41, 5.74) is 5.32. The summed E-state index contributed by atoms with van der Waals surface area (Å²) in [4.78, 5) is 11.1. The molecule has 1 rings (SSSR count). The van der Waals surface area contributed by atoms with Crippen LogP contribution < -0.4 is 10.5 Å². The van der Waals surface area contributed by atoms with Crippen LogP contribution in [0.5, 0.6) is 11.5 Å². The quantitative estimate of drug-likeness (QED) is 0.622. The highest BCUT2D eigenvalue weighted by Gasteiger charge is 2.12. The lowest BCUT2D eigenvalue weighted by Crippen LogP contribution is -2.30. The summed E-state index contributed by atoms with van der Waals surface area (Å²) < 4.78 is 5.50. The number of aromatic hydroxyl groups is 1. The van der Waals surface area contributed by atoms with E-state index in [4.69, 9.17) is 15.6 Å². The van der Waals surface area contributed by atoms with E-state index in [-0.39, 0.29) is 11.5 Å². The van der Waals surface area contributed by atoms with Gasteiger partial charge in [0.25, 0.3) is 0 Å². The van der Waals surface area contributed by atoms with Crippen molar-refractivity contribution in [3.63, 3.8) is 0 Å². The van der Waals surface area contributed by atoms with Crippen molar-refractivity contribution in [2.75, 3.05) is 0 Å². The Morgan fingerprint density at radius 1 is 1.64 bits per heavy atom. The maximum Gasteiger partial charge on any atom is 0.328 e. The van der Waals surface area contributed by atoms with Crippen LogP contribution in [-0.2, 0) is 4.79 Å². The van der Waals surface area contributed by atoms with Crippen molar-refractivity contribution in [1.29, 1.82) is 0 Å². The number of hydrogen-bond donors (Lipinski definition) is 2. The second-order valence-corrected chi connectivity index (χ2v) is 3.68. The maximum absolute atomic E-state index is 11.1. The summed E-state index contributed by atoms with van der Waals surface area (Å²) in [7, 11) is 0. The number of halogens is 1. The predicted molar refractivity (Wildman–Crippen MR) is 55.1 cm³/mol. The number of rotatable bonds is 2. The van der Waals surface area contributed by atoms with Gasteiger partial charge in [-0.2, -0.15) is 0 Å². The smallest absolute Gasteiger partial charge is 0.328 e. The molecule has 3 N–H and O–H groups in total. The molecule has 0 aromatic heterocycles. The zero-order valence-corrected chi connectivity index (χ0v) is 9.11. The lowest BCUT2D eigenvalue weighted by molar-refractivity contribution is -0.135. The first-order valence-corrected chi connectivity index (χ1v) is 4.76. The highest BCUT2D eigenvalue weighted by molar-refractivity contribution is 9.10. The Bertz CT molecular complexity index is 352.